The Kier molecular flexibility index (Phi) is 2.84. The van der Waals surface area contributed by atoms with Crippen LogP contribution >= 0.6 is 0 Å². The lowest BCUT2D eigenvalue weighted by Crippen LogP contribution is -1.94. The first kappa shape index (κ1) is 12.2. The van der Waals surface area contributed by atoms with Crippen LogP contribution in [-0.2, 0) is 0 Å². The predicted molar refractivity (Wildman–Crippen MR) is 74.8 cm³/mol. The van der Waals surface area contributed by atoms with Crippen molar-refractivity contribution in [2.75, 3.05) is 12.4 Å². The standard InChI is InChI=1S/C15H11FN4/c1-18-12-5-6-14-13(8-17)19-15(20(14)9-12)10-3-2-4-11(16)7-10/h2-7,9,18H,1H3. The Morgan fingerprint density at radius 1 is 1.30 bits per heavy atom. The van der Waals surface area contributed by atoms with Crippen molar-refractivity contribution in [2.24, 2.45) is 0 Å². The lowest BCUT2D eigenvalue weighted by molar-refractivity contribution is 0.628. The number of halogens is 1. The molecule has 1 N–H and O–H groups in total. The number of nitriles is 1. The van der Waals surface area contributed by atoms with Crippen molar-refractivity contribution in [2.45, 2.75) is 0 Å². The maximum absolute atomic E-state index is 13.4. The van der Waals surface area contributed by atoms with Gasteiger partial charge < -0.3 is 5.32 Å². The third-order valence-electron chi connectivity index (χ3n) is 3.11. The van der Waals surface area contributed by atoms with E-state index >= 15 is 0 Å². The largest absolute Gasteiger partial charge is 0.387 e. The molecule has 3 rings (SSSR count). The van der Waals surface area contributed by atoms with Crippen LogP contribution < -0.4 is 5.32 Å². The van der Waals surface area contributed by atoms with Gasteiger partial charge in [0.05, 0.1) is 11.2 Å². The van der Waals surface area contributed by atoms with Gasteiger partial charge in [-0.15, -0.1) is 0 Å². The Morgan fingerprint density at radius 2 is 2.15 bits per heavy atom. The second-order valence-corrected chi connectivity index (χ2v) is 4.33. The SMILES string of the molecule is CNc1ccc2c(C#N)nc(-c3cccc(F)c3)n2c1. The monoisotopic (exact) mass is 266 g/mol. The van der Waals surface area contributed by atoms with Crippen molar-refractivity contribution in [3.63, 3.8) is 0 Å². The van der Waals surface area contributed by atoms with Crippen LogP contribution in [0, 0.1) is 17.1 Å². The van der Waals surface area contributed by atoms with Crippen molar-refractivity contribution in [1.29, 1.82) is 5.26 Å². The number of hydrogen-bond acceptors (Lipinski definition) is 3. The highest BCUT2D eigenvalue weighted by molar-refractivity contribution is 5.70. The van der Waals surface area contributed by atoms with E-state index in [-0.39, 0.29) is 5.82 Å². The molecule has 1 aromatic carbocycles. The highest BCUT2D eigenvalue weighted by Gasteiger charge is 2.13. The average Bonchev–Trinajstić information content (AvgIpc) is 2.85. The molecule has 3 aromatic rings. The zero-order chi connectivity index (χ0) is 14.1. The Labute approximate surface area is 115 Å². The van der Waals surface area contributed by atoms with Gasteiger partial charge in [-0.25, -0.2) is 9.37 Å². The summed E-state index contributed by atoms with van der Waals surface area (Å²) >= 11 is 0. The molecule has 0 saturated carbocycles. The Morgan fingerprint density at radius 3 is 2.85 bits per heavy atom. The normalized spacial score (nSPS) is 10.4. The molecule has 0 aliphatic carbocycles. The van der Waals surface area contributed by atoms with Crippen LogP contribution in [0.4, 0.5) is 10.1 Å². The third kappa shape index (κ3) is 1.88. The van der Waals surface area contributed by atoms with Crippen LogP contribution in [0.25, 0.3) is 16.9 Å². The van der Waals surface area contributed by atoms with E-state index in [1.807, 2.05) is 25.4 Å². The van der Waals surface area contributed by atoms with E-state index in [0.717, 1.165) is 5.69 Å². The smallest absolute Gasteiger partial charge is 0.166 e. The van der Waals surface area contributed by atoms with E-state index in [1.54, 1.807) is 16.5 Å². The van der Waals surface area contributed by atoms with Gasteiger partial charge in [0.25, 0.3) is 0 Å². The number of aromatic nitrogens is 2. The first-order valence-corrected chi connectivity index (χ1v) is 6.09. The summed E-state index contributed by atoms with van der Waals surface area (Å²) in [5.74, 6) is 0.218. The number of anilines is 1. The number of rotatable bonds is 2. The molecule has 2 heterocycles. The topological polar surface area (TPSA) is 53.1 Å². The first-order valence-electron chi connectivity index (χ1n) is 6.09. The van der Waals surface area contributed by atoms with Gasteiger partial charge in [0.15, 0.2) is 5.69 Å². The van der Waals surface area contributed by atoms with Gasteiger partial charge in [-0.05, 0) is 24.3 Å². The van der Waals surface area contributed by atoms with E-state index < -0.39 is 0 Å². The first-order chi connectivity index (χ1) is 9.72. The van der Waals surface area contributed by atoms with Crippen molar-refractivity contribution in [3.05, 3.63) is 54.1 Å². The molecule has 2 aromatic heterocycles. The lowest BCUT2D eigenvalue weighted by Gasteiger charge is -2.04. The van der Waals surface area contributed by atoms with Crippen LogP contribution in [0.3, 0.4) is 0 Å². The van der Waals surface area contributed by atoms with Crippen molar-refractivity contribution in [1.82, 2.24) is 9.38 Å². The van der Waals surface area contributed by atoms with Gasteiger partial charge in [-0.2, -0.15) is 5.26 Å². The molecule has 0 fully saturated rings. The lowest BCUT2D eigenvalue weighted by atomic mass is 10.2. The molecule has 0 aliphatic rings. The predicted octanol–water partition coefficient (Wildman–Crippen LogP) is 3.05. The Bertz CT molecular complexity index is 829. The number of fused-ring (bicyclic) bond motifs is 1. The molecule has 0 radical (unpaired) electrons. The molecular formula is C15H11FN4. The van der Waals surface area contributed by atoms with Crippen molar-refractivity contribution in [3.8, 4) is 17.5 Å². The van der Waals surface area contributed by atoms with Crippen LogP contribution in [-0.4, -0.2) is 16.4 Å². The number of nitrogens with one attached hydrogen (secondary N) is 1. The van der Waals surface area contributed by atoms with Crippen molar-refractivity contribution >= 4 is 11.2 Å². The molecule has 0 atom stereocenters. The van der Waals surface area contributed by atoms with E-state index in [9.17, 15) is 4.39 Å². The zero-order valence-corrected chi connectivity index (χ0v) is 10.8. The van der Waals surface area contributed by atoms with Gasteiger partial charge in [-0.1, -0.05) is 12.1 Å². The van der Waals surface area contributed by atoms with Gasteiger partial charge in [-0.3, -0.25) is 4.40 Å². The van der Waals surface area contributed by atoms with Gasteiger partial charge in [0.1, 0.15) is 17.7 Å². The second kappa shape index (κ2) is 4.67. The Hall–Kier alpha value is -2.87. The quantitative estimate of drug-likeness (QED) is 0.775. The maximum atomic E-state index is 13.4. The average molecular weight is 266 g/mol. The molecule has 0 amide bonds. The molecule has 0 unspecified atom stereocenters. The summed E-state index contributed by atoms with van der Waals surface area (Å²) in [4.78, 5) is 4.30. The summed E-state index contributed by atoms with van der Waals surface area (Å²) < 4.78 is 15.2. The number of nitrogens with zero attached hydrogens (tertiary/aromatic N) is 3. The molecular weight excluding hydrogens is 255 g/mol. The third-order valence-corrected chi connectivity index (χ3v) is 3.11. The van der Waals surface area contributed by atoms with Gasteiger partial charge >= 0.3 is 0 Å². The highest BCUT2D eigenvalue weighted by Crippen LogP contribution is 2.24. The Balaban J connectivity index is 2.32. The summed E-state index contributed by atoms with van der Waals surface area (Å²) in [5, 5.41) is 12.2. The second-order valence-electron chi connectivity index (χ2n) is 4.33. The number of pyridine rings is 1. The minimum absolute atomic E-state index is 0.326. The summed E-state index contributed by atoms with van der Waals surface area (Å²) in [5.41, 5.74) is 2.55. The molecule has 20 heavy (non-hydrogen) atoms. The van der Waals surface area contributed by atoms with Crippen LogP contribution in [0.15, 0.2) is 42.6 Å². The van der Waals surface area contributed by atoms with E-state index in [1.165, 1.54) is 12.1 Å². The maximum Gasteiger partial charge on any atom is 0.166 e. The fraction of sp³-hybridized carbons (Fsp3) is 0.0667. The fourth-order valence-corrected chi connectivity index (χ4v) is 2.15. The van der Waals surface area contributed by atoms with Crippen LogP contribution in [0.5, 0.6) is 0 Å². The molecule has 98 valence electrons. The number of benzene rings is 1. The summed E-state index contributed by atoms with van der Waals surface area (Å²) in [7, 11) is 1.81. The minimum Gasteiger partial charge on any atom is -0.387 e. The molecule has 0 bridgehead atoms. The summed E-state index contributed by atoms with van der Waals surface area (Å²) in [6.45, 7) is 0. The molecule has 5 heteroatoms. The van der Waals surface area contributed by atoms with Gasteiger partial charge in [0, 0.05) is 18.8 Å². The van der Waals surface area contributed by atoms with E-state index in [2.05, 4.69) is 16.4 Å². The van der Waals surface area contributed by atoms with Crippen LogP contribution in [0.1, 0.15) is 5.69 Å². The van der Waals surface area contributed by atoms with Gasteiger partial charge in [0.2, 0.25) is 0 Å². The highest BCUT2D eigenvalue weighted by atomic mass is 19.1. The fourth-order valence-electron chi connectivity index (χ4n) is 2.15. The number of hydrogen-bond donors (Lipinski definition) is 1. The van der Waals surface area contributed by atoms with E-state index in [0.29, 0.717) is 22.6 Å². The number of imidazole rings is 1. The van der Waals surface area contributed by atoms with Crippen molar-refractivity contribution < 1.29 is 4.39 Å². The summed E-state index contributed by atoms with van der Waals surface area (Å²) in [6.07, 6.45) is 1.84. The molecule has 0 spiro atoms. The summed E-state index contributed by atoms with van der Waals surface area (Å²) in [6, 6.07) is 11.9. The molecule has 0 aliphatic heterocycles. The van der Waals surface area contributed by atoms with E-state index in [4.69, 9.17) is 5.26 Å². The molecule has 4 nitrogen and oxygen atoms in total. The molecule has 0 saturated heterocycles. The zero-order valence-electron chi connectivity index (χ0n) is 10.8. The van der Waals surface area contributed by atoms with Crippen LogP contribution in [0.2, 0.25) is 0 Å². The minimum atomic E-state index is -0.331.